The fourth-order valence-electron chi connectivity index (χ4n) is 4.64. The summed E-state index contributed by atoms with van der Waals surface area (Å²) >= 11 is 1.72. The van der Waals surface area contributed by atoms with Gasteiger partial charge in [0.1, 0.15) is 16.4 Å². The van der Waals surface area contributed by atoms with Crippen LogP contribution in [0.3, 0.4) is 0 Å². The molecule has 1 aliphatic heterocycles. The maximum absolute atomic E-state index is 12.8. The summed E-state index contributed by atoms with van der Waals surface area (Å²) in [5.74, 6) is 1.74. The van der Waals surface area contributed by atoms with Crippen LogP contribution in [0.15, 0.2) is 29.1 Å². The highest BCUT2D eigenvalue weighted by Gasteiger charge is 2.22. The summed E-state index contributed by atoms with van der Waals surface area (Å²) in [6, 6.07) is 8.25. The van der Waals surface area contributed by atoms with Gasteiger partial charge in [-0.25, -0.2) is 4.98 Å². The molecule has 1 saturated heterocycles. The monoisotopic (exact) mass is 424 g/mol. The van der Waals surface area contributed by atoms with Crippen molar-refractivity contribution < 1.29 is 4.74 Å². The van der Waals surface area contributed by atoms with Crippen LogP contribution >= 0.6 is 11.3 Å². The minimum Gasteiger partial charge on any atom is -0.492 e. The molecule has 1 aromatic carbocycles. The van der Waals surface area contributed by atoms with Crippen LogP contribution in [0.4, 0.5) is 5.69 Å². The summed E-state index contributed by atoms with van der Waals surface area (Å²) in [7, 11) is 0. The number of ether oxygens (including phenoxy) is 1. The van der Waals surface area contributed by atoms with Gasteiger partial charge in [-0.3, -0.25) is 9.69 Å². The van der Waals surface area contributed by atoms with Crippen LogP contribution in [0.25, 0.3) is 10.2 Å². The molecule has 2 aliphatic rings. The van der Waals surface area contributed by atoms with Crippen molar-refractivity contribution in [1.29, 1.82) is 0 Å². The minimum atomic E-state index is 0.0404. The van der Waals surface area contributed by atoms with Gasteiger partial charge in [0.25, 0.3) is 5.56 Å². The molecule has 2 aromatic heterocycles. The first kappa shape index (κ1) is 19.6. The summed E-state index contributed by atoms with van der Waals surface area (Å²) in [6.07, 6.45) is 4.51. The van der Waals surface area contributed by atoms with Crippen molar-refractivity contribution in [3.05, 3.63) is 50.9 Å². The highest BCUT2D eigenvalue weighted by molar-refractivity contribution is 7.18. The zero-order valence-electron chi connectivity index (χ0n) is 17.4. The van der Waals surface area contributed by atoms with Crippen molar-refractivity contribution in [2.45, 2.75) is 39.2 Å². The molecule has 7 heteroatoms. The number of nitrogens with zero attached hydrogens (tertiary/aromatic N) is 3. The van der Waals surface area contributed by atoms with Gasteiger partial charge in [0, 0.05) is 31.1 Å². The number of thiophene rings is 1. The van der Waals surface area contributed by atoms with E-state index in [9.17, 15) is 4.79 Å². The predicted octanol–water partition coefficient (Wildman–Crippen LogP) is 3.58. The molecule has 0 saturated carbocycles. The topological polar surface area (TPSA) is 61.5 Å². The van der Waals surface area contributed by atoms with E-state index in [-0.39, 0.29) is 5.56 Å². The second kappa shape index (κ2) is 8.40. The number of H-pyrrole nitrogens is 1. The third-order valence-electron chi connectivity index (χ3n) is 6.13. The highest BCUT2D eigenvalue weighted by Crippen LogP contribution is 2.33. The first-order valence-electron chi connectivity index (χ1n) is 11.0. The zero-order chi connectivity index (χ0) is 20.5. The summed E-state index contributed by atoms with van der Waals surface area (Å²) in [6.45, 7) is 7.11. The standard InChI is InChI=1S/C23H28N4O2S/c1-2-29-18-9-5-4-8-17(18)27-13-11-26(12-14-27)15-20-24-22(28)21-16-7-3-6-10-19(16)30-23(21)25-20/h4-5,8-9H,2-3,6-7,10-15H2,1H3,(H,24,25,28). The first-order chi connectivity index (χ1) is 14.7. The molecule has 0 radical (unpaired) electrons. The van der Waals surface area contributed by atoms with E-state index in [1.165, 1.54) is 23.3 Å². The Bertz CT molecular complexity index is 1100. The summed E-state index contributed by atoms with van der Waals surface area (Å²) in [4.78, 5) is 27.7. The Morgan fingerprint density at radius 1 is 1.13 bits per heavy atom. The van der Waals surface area contributed by atoms with E-state index in [1.807, 2.05) is 19.1 Å². The van der Waals surface area contributed by atoms with Crippen molar-refractivity contribution in [3.63, 3.8) is 0 Å². The Hall–Kier alpha value is -2.38. The molecule has 3 aromatic rings. The first-order valence-corrected chi connectivity index (χ1v) is 11.8. The van der Waals surface area contributed by atoms with Gasteiger partial charge in [-0.2, -0.15) is 0 Å². The van der Waals surface area contributed by atoms with Gasteiger partial charge < -0.3 is 14.6 Å². The van der Waals surface area contributed by atoms with Crippen LogP contribution in [0.5, 0.6) is 5.75 Å². The molecule has 6 nitrogen and oxygen atoms in total. The number of para-hydroxylation sites is 2. The average Bonchev–Trinajstić information content (AvgIpc) is 3.14. The van der Waals surface area contributed by atoms with Crippen LogP contribution in [0.1, 0.15) is 36.0 Å². The third kappa shape index (κ3) is 3.72. The Morgan fingerprint density at radius 2 is 1.93 bits per heavy atom. The van der Waals surface area contributed by atoms with Crippen LogP contribution in [0, 0.1) is 0 Å². The number of rotatable bonds is 5. The van der Waals surface area contributed by atoms with Crippen LogP contribution < -0.4 is 15.2 Å². The molecule has 1 fully saturated rings. The molecule has 0 spiro atoms. The SMILES string of the molecule is CCOc1ccccc1N1CCN(Cc2nc3sc4c(c3c(=O)[nH]2)CCCC4)CC1. The van der Waals surface area contributed by atoms with Gasteiger partial charge in [0.2, 0.25) is 0 Å². The lowest BCUT2D eigenvalue weighted by Gasteiger charge is -2.36. The smallest absolute Gasteiger partial charge is 0.259 e. The fourth-order valence-corrected chi connectivity index (χ4v) is 5.92. The Morgan fingerprint density at radius 3 is 2.77 bits per heavy atom. The van der Waals surface area contributed by atoms with Crippen molar-refractivity contribution >= 4 is 27.2 Å². The molecule has 1 N–H and O–H groups in total. The number of benzene rings is 1. The van der Waals surface area contributed by atoms with Crippen LogP contribution in [-0.2, 0) is 19.4 Å². The van der Waals surface area contributed by atoms with Crippen molar-refractivity contribution in [3.8, 4) is 5.75 Å². The molecule has 0 bridgehead atoms. The van der Waals surface area contributed by atoms with Crippen molar-refractivity contribution in [2.75, 3.05) is 37.7 Å². The second-order valence-electron chi connectivity index (χ2n) is 8.07. The lowest BCUT2D eigenvalue weighted by molar-refractivity contribution is 0.243. The number of nitrogens with one attached hydrogen (secondary N) is 1. The lowest BCUT2D eigenvalue weighted by atomic mass is 9.97. The van der Waals surface area contributed by atoms with Gasteiger partial charge in [-0.1, -0.05) is 12.1 Å². The van der Waals surface area contributed by atoms with E-state index >= 15 is 0 Å². The molecular formula is C23H28N4O2S. The van der Waals surface area contributed by atoms with E-state index in [1.54, 1.807) is 11.3 Å². The molecule has 0 amide bonds. The number of hydrogen-bond donors (Lipinski definition) is 1. The number of anilines is 1. The average molecular weight is 425 g/mol. The molecular weight excluding hydrogens is 396 g/mol. The Kier molecular flexibility index (Phi) is 5.48. The Labute approximate surface area is 180 Å². The molecule has 158 valence electrons. The normalized spacial score (nSPS) is 17.3. The van der Waals surface area contributed by atoms with E-state index in [2.05, 4.69) is 26.9 Å². The lowest BCUT2D eigenvalue weighted by Crippen LogP contribution is -2.46. The maximum Gasteiger partial charge on any atom is 0.259 e. The van der Waals surface area contributed by atoms with Crippen molar-refractivity contribution in [1.82, 2.24) is 14.9 Å². The molecule has 0 atom stereocenters. The largest absolute Gasteiger partial charge is 0.492 e. The van der Waals surface area contributed by atoms with Crippen LogP contribution in [-0.4, -0.2) is 47.7 Å². The quantitative estimate of drug-likeness (QED) is 0.678. The van der Waals surface area contributed by atoms with E-state index < -0.39 is 0 Å². The van der Waals surface area contributed by atoms with Crippen LogP contribution in [0.2, 0.25) is 0 Å². The minimum absolute atomic E-state index is 0.0404. The summed E-state index contributed by atoms with van der Waals surface area (Å²) in [5, 5.41) is 0.843. The molecule has 5 rings (SSSR count). The van der Waals surface area contributed by atoms with E-state index in [0.29, 0.717) is 13.2 Å². The number of aryl methyl sites for hydroxylation is 2. The Balaban J connectivity index is 1.29. The van der Waals surface area contributed by atoms with E-state index in [4.69, 9.17) is 9.72 Å². The maximum atomic E-state index is 12.8. The predicted molar refractivity (Wildman–Crippen MR) is 122 cm³/mol. The number of aromatic amines is 1. The number of hydrogen-bond acceptors (Lipinski definition) is 6. The van der Waals surface area contributed by atoms with Gasteiger partial charge in [-0.15, -0.1) is 11.3 Å². The number of piperazine rings is 1. The van der Waals surface area contributed by atoms with Gasteiger partial charge in [0.05, 0.1) is 24.2 Å². The van der Waals surface area contributed by atoms with Gasteiger partial charge in [0.15, 0.2) is 0 Å². The zero-order valence-corrected chi connectivity index (χ0v) is 18.3. The fraction of sp³-hybridized carbons (Fsp3) is 0.478. The number of fused-ring (bicyclic) bond motifs is 3. The summed E-state index contributed by atoms with van der Waals surface area (Å²) < 4.78 is 5.80. The highest BCUT2D eigenvalue weighted by atomic mass is 32.1. The van der Waals surface area contributed by atoms with Gasteiger partial charge in [-0.05, 0) is 50.3 Å². The van der Waals surface area contributed by atoms with E-state index in [0.717, 1.165) is 66.5 Å². The van der Waals surface area contributed by atoms with Gasteiger partial charge >= 0.3 is 0 Å². The molecule has 1 aliphatic carbocycles. The summed E-state index contributed by atoms with van der Waals surface area (Å²) in [5.41, 5.74) is 2.46. The van der Waals surface area contributed by atoms with Crippen molar-refractivity contribution in [2.24, 2.45) is 0 Å². The third-order valence-corrected chi connectivity index (χ3v) is 7.31. The number of aromatic nitrogens is 2. The molecule has 30 heavy (non-hydrogen) atoms. The second-order valence-corrected chi connectivity index (χ2v) is 9.15. The molecule has 0 unspecified atom stereocenters. The molecule has 3 heterocycles.